The van der Waals surface area contributed by atoms with Crippen molar-refractivity contribution in [2.24, 2.45) is 0 Å². The standard InChI is InChI=1S/C13H9ClF3N3O/c14-9-2-1-5-19-11(9)20-12(21)8-6-7(13(15,16)17)3-4-10(8)18/h1-6H,18H2,(H,19,20,21). The third-order valence-electron chi connectivity index (χ3n) is 2.62. The van der Waals surface area contributed by atoms with E-state index in [2.05, 4.69) is 10.3 Å². The van der Waals surface area contributed by atoms with E-state index >= 15 is 0 Å². The third-order valence-corrected chi connectivity index (χ3v) is 2.92. The summed E-state index contributed by atoms with van der Waals surface area (Å²) in [5.74, 6) is -0.778. The number of rotatable bonds is 2. The molecule has 0 unspecified atom stereocenters. The molecule has 3 N–H and O–H groups in total. The van der Waals surface area contributed by atoms with Gasteiger partial charge in [-0.15, -0.1) is 0 Å². The molecule has 0 saturated carbocycles. The summed E-state index contributed by atoms with van der Waals surface area (Å²) < 4.78 is 37.9. The molecule has 8 heteroatoms. The number of carbonyl (C=O) groups excluding carboxylic acids is 1. The zero-order valence-corrected chi connectivity index (χ0v) is 11.2. The van der Waals surface area contributed by atoms with Gasteiger partial charge in [-0.25, -0.2) is 4.98 Å². The van der Waals surface area contributed by atoms with E-state index in [1.54, 1.807) is 6.07 Å². The van der Waals surface area contributed by atoms with E-state index in [0.717, 1.165) is 12.1 Å². The number of halogens is 4. The van der Waals surface area contributed by atoms with Crippen molar-refractivity contribution in [3.63, 3.8) is 0 Å². The van der Waals surface area contributed by atoms with Crippen LogP contribution in [0.25, 0.3) is 0 Å². The highest BCUT2D eigenvalue weighted by atomic mass is 35.5. The Morgan fingerprint density at radius 1 is 1.29 bits per heavy atom. The van der Waals surface area contributed by atoms with Gasteiger partial charge in [0.1, 0.15) is 0 Å². The highest BCUT2D eigenvalue weighted by Gasteiger charge is 2.31. The number of carbonyl (C=O) groups is 1. The fourth-order valence-electron chi connectivity index (χ4n) is 1.58. The van der Waals surface area contributed by atoms with Crippen LogP contribution in [0.4, 0.5) is 24.7 Å². The Labute approximate surface area is 122 Å². The molecule has 0 aliphatic rings. The molecule has 0 aliphatic heterocycles. The monoisotopic (exact) mass is 315 g/mol. The fraction of sp³-hybridized carbons (Fsp3) is 0.0769. The third kappa shape index (κ3) is 3.43. The fourth-order valence-corrected chi connectivity index (χ4v) is 1.75. The van der Waals surface area contributed by atoms with Crippen molar-refractivity contribution < 1.29 is 18.0 Å². The maximum Gasteiger partial charge on any atom is 0.416 e. The molecule has 0 saturated heterocycles. The molecule has 0 atom stereocenters. The SMILES string of the molecule is Nc1ccc(C(F)(F)F)cc1C(=O)Nc1ncccc1Cl. The summed E-state index contributed by atoms with van der Waals surface area (Å²) in [7, 11) is 0. The molecule has 0 aliphatic carbocycles. The topological polar surface area (TPSA) is 68.0 Å². The molecule has 1 aromatic carbocycles. The molecule has 0 spiro atoms. The number of hydrogen-bond acceptors (Lipinski definition) is 3. The molecule has 0 fully saturated rings. The number of nitrogen functional groups attached to an aromatic ring is 1. The van der Waals surface area contributed by atoms with Crippen molar-refractivity contribution in [2.45, 2.75) is 6.18 Å². The second-order valence-electron chi connectivity index (χ2n) is 4.09. The first-order chi connectivity index (χ1) is 9.79. The van der Waals surface area contributed by atoms with Crippen molar-refractivity contribution in [3.05, 3.63) is 52.7 Å². The summed E-state index contributed by atoms with van der Waals surface area (Å²) in [4.78, 5) is 15.8. The highest BCUT2D eigenvalue weighted by molar-refractivity contribution is 6.33. The number of nitrogens with one attached hydrogen (secondary N) is 1. The predicted molar refractivity (Wildman–Crippen MR) is 73.1 cm³/mol. The number of hydrogen-bond donors (Lipinski definition) is 2. The first-order valence-electron chi connectivity index (χ1n) is 5.67. The molecule has 1 aromatic heterocycles. The Bertz CT molecular complexity index is 689. The van der Waals surface area contributed by atoms with Gasteiger partial charge in [0.25, 0.3) is 5.91 Å². The Balaban J connectivity index is 2.33. The first kappa shape index (κ1) is 15.1. The predicted octanol–water partition coefficient (Wildman–Crippen LogP) is 3.59. The average Bonchev–Trinajstić information content (AvgIpc) is 2.40. The van der Waals surface area contributed by atoms with Crippen LogP contribution in [-0.4, -0.2) is 10.9 Å². The number of benzene rings is 1. The molecule has 21 heavy (non-hydrogen) atoms. The number of alkyl halides is 3. The number of pyridine rings is 1. The van der Waals surface area contributed by atoms with Gasteiger partial charge in [0.05, 0.1) is 16.1 Å². The molecule has 2 aromatic rings. The Kier molecular flexibility index (Phi) is 4.04. The van der Waals surface area contributed by atoms with E-state index < -0.39 is 17.6 Å². The van der Waals surface area contributed by atoms with Crippen LogP contribution in [0, 0.1) is 0 Å². The van der Waals surface area contributed by atoms with Crippen molar-refractivity contribution >= 4 is 29.0 Å². The Morgan fingerprint density at radius 2 is 2.00 bits per heavy atom. The molecule has 110 valence electrons. The first-order valence-corrected chi connectivity index (χ1v) is 6.05. The minimum Gasteiger partial charge on any atom is -0.398 e. The second-order valence-corrected chi connectivity index (χ2v) is 4.49. The molecule has 4 nitrogen and oxygen atoms in total. The summed E-state index contributed by atoms with van der Waals surface area (Å²) in [5.41, 5.74) is 4.20. The smallest absolute Gasteiger partial charge is 0.398 e. The largest absolute Gasteiger partial charge is 0.416 e. The highest BCUT2D eigenvalue weighted by Crippen LogP contribution is 2.31. The molecular weight excluding hydrogens is 307 g/mol. The Hall–Kier alpha value is -2.28. The van der Waals surface area contributed by atoms with Gasteiger partial charge in [-0.3, -0.25) is 4.79 Å². The lowest BCUT2D eigenvalue weighted by molar-refractivity contribution is -0.137. The summed E-state index contributed by atoms with van der Waals surface area (Å²) in [6.07, 6.45) is -3.18. The van der Waals surface area contributed by atoms with Crippen LogP contribution in [0.5, 0.6) is 0 Å². The zero-order valence-electron chi connectivity index (χ0n) is 10.4. The van der Waals surface area contributed by atoms with Crippen LogP contribution >= 0.6 is 11.6 Å². The van der Waals surface area contributed by atoms with E-state index in [0.29, 0.717) is 6.07 Å². The van der Waals surface area contributed by atoms with Gasteiger partial charge in [0.2, 0.25) is 0 Å². The van der Waals surface area contributed by atoms with Crippen LogP contribution in [0.15, 0.2) is 36.5 Å². The number of nitrogens with two attached hydrogens (primary N) is 1. The van der Waals surface area contributed by atoms with E-state index in [9.17, 15) is 18.0 Å². The number of anilines is 2. The lowest BCUT2D eigenvalue weighted by Crippen LogP contribution is -2.17. The minimum absolute atomic E-state index is 0.0426. The molecule has 0 bridgehead atoms. The Morgan fingerprint density at radius 3 is 2.62 bits per heavy atom. The van der Waals surface area contributed by atoms with Gasteiger partial charge in [-0.1, -0.05) is 11.6 Å². The van der Waals surface area contributed by atoms with E-state index in [4.69, 9.17) is 17.3 Å². The van der Waals surface area contributed by atoms with Gasteiger partial charge in [-0.05, 0) is 30.3 Å². The normalized spacial score (nSPS) is 11.2. The van der Waals surface area contributed by atoms with Gasteiger partial charge in [0.15, 0.2) is 5.82 Å². The quantitative estimate of drug-likeness (QED) is 0.832. The van der Waals surface area contributed by atoms with Crippen LogP contribution in [0.3, 0.4) is 0 Å². The van der Waals surface area contributed by atoms with Gasteiger partial charge >= 0.3 is 6.18 Å². The molecule has 1 amide bonds. The summed E-state index contributed by atoms with van der Waals surface area (Å²) in [6, 6.07) is 5.55. The lowest BCUT2D eigenvalue weighted by atomic mass is 10.1. The van der Waals surface area contributed by atoms with E-state index in [1.165, 1.54) is 12.3 Å². The van der Waals surface area contributed by atoms with Crippen LogP contribution in [0.2, 0.25) is 5.02 Å². The second kappa shape index (κ2) is 5.61. The number of nitrogens with zero attached hydrogens (tertiary/aromatic N) is 1. The van der Waals surface area contributed by atoms with Gasteiger partial charge in [-0.2, -0.15) is 13.2 Å². The van der Waals surface area contributed by atoms with Gasteiger partial charge < -0.3 is 11.1 Å². The number of aromatic nitrogens is 1. The average molecular weight is 316 g/mol. The maximum absolute atomic E-state index is 12.6. The summed E-state index contributed by atoms with van der Waals surface area (Å²) in [5, 5.41) is 2.48. The van der Waals surface area contributed by atoms with Crippen LogP contribution in [-0.2, 0) is 6.18 Å². The van der Waals surface area contributed by atoms with Crippen molar-refractivity contribution in [3.8, 4) is 0 Å². The summed E-state index contributed by atoms with van der Waals surface area (Å²) in [6.45, 7) is 0. The minimum atomic E-state index is -4.56. The van der Waals surface area contributed by atoms with Crippen LogP contribution < -0.4 is 11.1 Å². The van der Waals surface area contributed by atoms with Crippen LogP contribution in [0.1, 0.15) is 15.9 Å². The molecule has 0 radical (unpaired) electrons. The van der Waals surface area contributed by atoms with Crippen molar-refractivity contribution in [2.75, 3.05) is 11.1 Å². The van der Waals surface area contributed by atoms with E-state index in [1.807, 2.05) is 0 Å². The zero-order chi connectivity index (χ0) is 15.6. The summed E-state index contributed by atoms with van der Waals surface area (Å²) >= 11 is 5.81. The van der Waals surface area contributed by atoms with Gasteiger partial charge in [0, 0.05) is 11.9 Å². The lowest BCUT2D eigenvalue weighted by Gasteiger charge is -2.11. The van der Waals surface area contributed by atoms with Crippen molar-refractivity contribution in [1.29, 1.82) is 0 Å². The van der Waals surface area contributed by atoms with Crippen molar-refractivity contribution in [1.82, 2.24) is 4.98 Å². The maximum atomic E-state index is 12.6. The molecule has 1 heterocycles. The molecule has 2 rings (SSSR count). The molecular formula is C13H9ClF3N3O. The van der Waals surface area contributed by atoms with E-state index in [-0.39, 0.29) is 22.1 Å². The number of amides is 1.